The van der Waals surface area contributed by atoms with Crippen molar-refractivity contribution in [1.29, 1.82) is 5.26 Å². The minimum atomic E-state index is -3.74. The third-order valence-electron chi connectivity index (χ3n) is 3.30. The molecule has 0 aromatic heterocycles. The second-order valence-electron chi connectivity index (χ2n) is 5.21. The van der Waals surface area contributed by atoms with Gasteiger partial charge in [-0.2, -0.15) is 5.26 Å². The summed E-state index contributed by atoms with van der Waals surface area (Å²) in [6.45, 7) is 1.70. The van der Waals surface area contributed by atoms with Crippen molar-refractivity contribution >= 4 is 22.0 Å². The van der Waals surface area contributed by atoms with E-state index < -0.39 is 28.1 Å². The van der Waals surface area contributed by atoms with Crippen LogP contribution in [0.4, 0.5) is 0 Å². The monoisotopic (exact) mass is 352 g/mol. The predicted molar refractivity (Wildman–Crippen MR) is 81.2 cm³/mol. The molecule has 1 aromatic rings. The highest BCUT2D eigenvalue weighted by atomic mass is 32.2. The number of nitrogens with zero attached hydrogens (tertiary/aromatic N) is 1. The minimum Gasteiger partial charge on any atom is -0.460 e. The molecule has 0 spiro atoms. The van der Waals surface area contributed by atoms with Gasteiger partial charge in [-0.25, -0.2) is 22.7 Å². The van der Waals surface area contributed by atoms with Crippen LogP contribution in [0.5, 0.6) is 0 Å². The van der Waals surface area contributed by atoms with Crippen molar-refractivity contribution in [2.24, 2.45) is 0 Å². The fourth-order valence-electron chi connectivity index (χ4n) is 2.11. The van der Waals surface area contributed by atoms with E-state index >= 15 is 0 Å². The van der Waals surface area contributed by atoms with Crippen LogP contribution < -0.4 is 4.72 Å². The summed E-state index contributed by atoms with van der Waals surface area (Å²) in [5, 5.41) is 8.41. The van der Waals surface area contributed by atoms with E-state index in [9.17, 15) is 18.0 Å². The van der Waals surface area contributed by atoms with Crippen LogP contribution in [-0.4, -0.2) is 39.1 Å². The van der Waals surface area contributed by atoms with Crippen LogP contribution in [0, 0.1) is 11.3 Å². The maximum atomic E-state index is 12.0. The molecule has 2 rings (SSSR count). The van der Waals surface area contributed by atoms with Gasteiger partial charge in [0.1, 0.15) is 6.10 Å². The zero-order chi connectivity index (χ0) is 17.7. The molecule has 24 heavy (non-hydrogen) atoms. The number of nitrogens with one attached hydrogen (secondary N) is 1. The van der Waals surface area contributed by atoms with Crippen molar-refractivity contribution in [3.8, 4) is 6.07 Å². The van der Waals surface area contributed by atoms with Crippen LogP contribution in [0.2, 0.25) is 0 Å². The number of ether oxygens (including phenoxy) is 2. The second kappa shape index (κ2) is 7.42. The summed E-state index contributed by atoms with van der Waals surface area (Å²) in [6, 6.07) is 6.93. The molecular weight excluding hydrogens is 336 g/mol. The van der Waals surface area contributed by atoms with Gasteiger partial charge < -0.3 is 9.47 Å². The standard InChI is InChI=1S/C15H16N2O6S/c1-10-9-13(15(19)22-10)23-14(18)11-3-5-12(6-4-11)24(20,21)17-8-2-7-16/h3-6,10,13,17H,2,8-9H2,1H3/t10-,13+/m1/s1. The first-order valence-electron chi connectivity index (χ1n) is 7.21. The first-order valence-corrected chi connectivity index (χ1v) is 8.70. The Labute approximate surface area is 139 Å². The largest absolute Gasteiger partial charge is 0.460 e. The van der Waals surface area contributed by atoms with Crippen molar-refractivity contribution in [2.45, 2.75) is 36.9 Å². The molecule has 0 bridgehead atoms. The number of hydrogen-bond acceptors (Lipinski definition) is 7. The number of benzene rings is 1. The van der Waals surface area contributed by atoms with Crippen LogP contribution in [0.3, 0.4) is 0 Å². The lowest BCUT2D eigenvalue weighted by Crippen LogP contribution is -2.25. The van der Waals surface area contributed by atoms with Gasteiger partial charge in [-0.05, 0) is 31.2 Å². The van der Waals surface area contributed by atoms with Crippen molar-refractivity contribution in [3.05, 3.63) is 29.8 Å². The summed E-state index contributed by atoms with van der Waals surface area (Å²) in [6.07, 6.45) is -0.898. The molecule has 1 fully saturated rings. The quantitative estimate of drug-likeness (QED) is 0.591. The molecule has 0 amide bonds. The van der Waals surface area contributed by atoms with E-state index in [-0.39, 0.29) is 29.5 Å². The average molecular weight is 352 g/mol. The number of cyclic esters (lactones) is 1. The van der Waals surface area contributed by atoms with Crippen LogP contribution in [0.15, 0.2) is 29.2 Å². The highest BCUT2D eigenvalue weighted by Crippen LogP contribution is 2.19. The predicted octanol–water partition coefficient (Wildman–Crippen LogP) is 0.739. The van der Waals surface area contributed by atoms with Gasteiger partial charge in [0, 0.05) is 19.4 Å². The number of carbonyl (C=O) groups excluding carboxylic acids is 2. The average Bonchev–Trinajstić information content (AvgIpc) is 2.85. The Morgan fingerprint density at radius 1 is 1.42 bits per heavy atom. The van der Waals surface area contributed by atoms with E-state index in [2.05, 4.69) is 4.72 Å². The van der Waals surface area contributed by atoms with Crippen molar-refractivity contribution in [3.63, 3.8) is 0 Å². The molecule has 128 valence electrons. The number of hydrogen-bond donors (Lipinski definition) is 1. The fraction of sp³-hybridized carbons (Fsp3) is 0.400. The lowest BCUT2D eigenvalue weighted by atomic mass is 10.2. The summed E-state index contributed by atoms with van der Waals surface area (Å²) in [5.41, 5.74) is 0.123. The highest BCUT2D eigenvalue weighted by molar-refractivity contribution is 7.89. The Hall–Kier alpha value is -2.44. The number of esters is 2. The molecule has 9 heteroatoms. The Morgan fingerprint density at radius 3 is 2.62 bits per heavy atom. The van der Waals surface area contributed by atoms with Gasteiger partial charge in [-0.15, -0.1) is 0 Å². The highest BCUT2D eigenvalue weighted by Gasteiger charge is 2.35. The van der Waals surface area contributed by atoms with Crippen molar-refractivity contribution in [2.75, 3.05) is 6.54 Å². The van der Waals surface area contributed by atoms with Crippen LogP contribution >= 0.6 is 0 Å². The zero-order valence-corrected chi connectivity index (χ0v) is 13.7. The summed E-state index contributed by atoms with van der Waals surface area (Å²) in [5.74, 6) is -1.32. The Morgan fingerprint density at radius 2 is 2.08 bits per heavy atom. The van der Waals surface area contributed by atoms with E-state index in [0.717, 1.165) is 0 Å². The van der Waals surface area contributed by atoms with Gasteiger partial charge in [0.05, 0.1) is 16.5 Å². The maximum absolute atomic E-state index is 12.0. The normalized spacial score (nSPS) is 20.2. The van der Waals surface area contributed by atoms with E-state index in [4.69, 9.17) is 14.7 Å². The third kappa shape index (κ3) is 4.31. The summed E-state index contributed by atoms with van der Waals surface area (Å²) in [7, 11) is -3.74. The van der Waals surface area contributed by atoms with Crippen LogP contribution in [0.1, 0.15) is 30.1 Å². The topological polar surface area (TPSA) is 123 Å². The van der Waals surface area contributed by atoms with Gasteiger partial charge in [0.2, 0.25) is 16.1 Å². The van der Waals surface area contributed by atoms with E-state index in [1.807, 2.05) is 6.07 Å². The zero-order valence-electron chi connectivity index (χ0n) is 12.9. The smallest absolute Gasteiger partial charge is 0.347 e. The molecule has 0 aliphatic carbocycles. The molecule has 1 heterocycles. The molecule has 1 N–H and O–H groups in total. The number of rotatable bonds is 6. The lowest BCUT2D eigenvalue weighted by Gasteiger charge is -2.09. The molecule has 0 saturated carbocycles. The molecule has 2 atom stereocenters. The lowest BCUT2D eigenvalue weighted by molar-refractivity contribution is -0.147. The Bertz CT molecular complexity index is 766. The number of sulfonamides is 1. The van der Waals surface area contributed by atoms with Crippen LogP contribution in [-0.2, 0) is 24.3 Å². The van der Waals surface area contributed by atoms with Crippen LogP contribution in [0.25, 0.3) is 0 Å². The summed E-state index contributed by atoms with van der Waals surface area (Å²) >= 11 is 0. The van der Waals surface area contributed by atoms with Gasteiger partial charge in [-0.3, -0.25) is 0 Å². The number of nitriles is 1. The second-order valence-corrected chi connectivity index (χ2v) is 6.97. The summed E-state index contributed by atoms with van der Waals surface area (Å²) < 4.78 is 36.1. The molecule has 8 nitrogen and oxygen atoms in total. The van der Waals surface area contributed by atoms with Crippen molar-refractivity contribution in [1.82, 2.24) is 4.72 Å². The summed E-state index contributed by atoms with van der Waals surface area (Å²) in [4.78, 5) is 23.4. The number of carbonyl (C=O) groups is 2. The van der Waals surface area contributed by atoms with Gasteiger partial charge in [-0.1, -0.05) is 0 Å². The molecule has 1 aliphatic heterocycles. The maximum Gasteiger partial charge on any atom is 0.347 e. The van der Waals surface area contributed by atoms with E-state index in [0.29, 0.717) is 6.42 Å². The third-order valence-corrected chi connectivity index (χ3v) is 4.78. The first kappa shape index (κ1) is 17.9. The molecule has 0 unspecified atom stereocenters. The molecule has 1 saturated heterocycles. The molecule has 1 aromatic carbocycles. The van der Waals surface area contributed by atoms with Gasteiger partial charge >= 0.3 is 11.9 Å². The molecule has 1 aliphatic rings. The molecular formula is C15H16N2O6S. The van der Waals surface area contributed by atoms with E-state index in [1.54, 1.807) is 6.92 Å². The molecule has 0 radical (unpaired) electrons. The minimum absolute atomic E-state index is 0.00457. The fourth-order valence-corrected chi connectivity index (χ4v) is 3.14. The SMILES string of the molecule is C[C@@H]1C[C@H](OC(=O)c2ccc(S(=O)(=O)NCCC#N)cc2)C(=O)O1. The first-order chi connectivity index (χ1) is 11.3. The Balaban J connectivity index is 2.02. The van der Waals surface area contributed by atoms with Crippen molar-refractivity contribution < 1.29 is 27.5 Å². The Kier molecular flexibility index (Phi) is 5.54. The van der Waals surface area contributed by atoms with Gasteiger partial charge in [0.15, 0.2) is 0 Å². The van der Waals surface area contributed by atoms with Gasteiger partial charge in [0.25, 0.3) is 0 Å². The van der Waals surface area contributed by atoms with E-state index in [1.165, 1.54) is 24.3 Å².